The van der Waals surface area contributed by atoms with E-state index in [2.05, 4.69) is 15.2 Å². The van der Waals surface area contributed by atoms with Crippen molar-refractivity contribution < 1.29 is 23.0 Å². The lowest BCUT2D eigenvalue weighted by Crippen LogP contribution is -2.38. The summed E-state index contributed by atoms with van der Waals surface area (Å²) >= 11 is 7.89. The molecule has 3 N–H and O–H groups in total. The molecular formula is C31H30ClF2N7O3S. The summed E-state index contributed by atoms with van der Waals surface area (Å²) in [7, 11) is 3.63. The lowest BCUT2D eigenvalue weighted by Gasteiger charge is -2.27. The highest BCUT2D eigenvalue weighted by atomic mass is 35.5. The number of hydrogen-bond acceptors (Lipinski definition) is 10. The van der Waals surface area contributed by atoms with Gasteiger partial charge in [0.15, 0.2) is 11.6 Å². The summed E-state index contributed by atoms with van der Waals surface area (Å²) < 4.78 is 44.6. The van der Waals surface area contributed by atoms with Gasteiger partial charge in [0.2, 0.25) is 5.91 Å². The van der Waals surface area contributed by atoms with Gasteiger partial charge in [0.05, 0.1) is 33.1 Å². The summed E-state index contributed by atoms with van der Waals surface area (Å²) in [5.41, 5.74) is 6.10. The largest absolute Gasteiger partial charge is 0.489 e. The second kappa shape index (κ2) is 11.1. The van der Waals surface area contributed by atoms with Gasteiger partial charge >= 0.3 is 6.01 Å². The zero-order valence-electron chi connectivity index (χ0n) is 24.8. The molecule has 0 unspecified atom stereocenters. The highest BCUT2D eigenvalue weighted by molar-refractivity contribution is 7.23. The average molecular weight is 654 g/mol. The molecule has 10 nitrogen and oxygen atoms in total. The number of hydrogen-bond donors (Lipinski definition) is 2. The van der Waals surface area contributed by atoms with Crippen molar-refractivity contribution in [3.8, 4) is 29.0 Å². The number of nitrogen functional groups attached to an aromatic ring is 1. The van der Waals surface area contributed by atoms with Gasteiger partial charge < -0.3 is 25.4 Å². The van der Waals surface area contributed by atoms with E-state index in [1.54, 1.807) is 7.05 Å². The maximum Gasteiger partial charge on any atom is 0.319 e. The molecule has 1 aliphatic carbocycles. The predicted molar refractivity (Wildman–Crippen MR) is 169 cm³/mol. The molecule has 7 rings (SSSR count). The number of likely N-dealkylation sites (N-methyl/N-ethyl adjacent to an activating group) is 1. The molecule has 45 heavy (non-hydrogen) atoms. The fourth-order valence-electron chi connectivity index (χ4n) is 6.82. The number of anilines is 2. The number of carbonyl (C=O) groups excluding carboxylic acids is 1. The number of ether oxygens (including phenoxy) is 2. The van der Waals surface area contributed by atoms with Crippen molar-refractivity contribution in [2.75, 3.05) is 44.4 Å². The number of likely N-dealkylation sites (tertiary alicyclic amines) is 1. The minimum Gasteiger partial charge on any atom is -0.489 e. The Morgan fingerprint density at radius 3 is 2.82 bits per heavy atom. The number of nitrogens with one attached hydrogen (secondary N) is 1. The fourth-order valence-corrected chi connectivity index (χ4v) is 8.10. The van der Waals surface area contributed by atoms with E-state index in [0.717, 1.165) is 30.7 Å². The molecule has 1 amide bonds. The molecule has 14 heteroatoms. The number of halogens is 3. The minimum atomic E-state index is -0.802. The quantitative estimate of drug-likeness (QED) is 0.292. The van der Waals surface area contributed by atoms with Gasteiger partial charge in [-0.2, -0.15) is 15.2 Å². The molecule has 4 atom stereocenters. The molecule has 3 aliphatic rings. The van der Waals surface area contributed by atoms with Crippen LogP contribution < -0.4 is 25.4 Å². The smallest absolute Gasteiger partial charge is 0.319 e. The van der Waals surface area contributed by atoms with Crippen LogP contribution in [0.25, 0.3) is 32.1 Å². The second-order valence-corrected chi connectivity index (χ2v) is 13.1. The molecule has 234 valence electrons. The molecule has 4 heterocycles. The SMILES string of the molecule is CNC(=O)[C@@H]1C[C@H]1N1CCOc2c(Cl)c(-c3ccc(F)c4sc(N)c(C#N)c34)c(F)c3nc(O[C@@H](C)[C@@H]4CCCN4C)nc1c23. The monoisotopic (exact) mass is 653 g/mol. The first kappa shape index (κ1) is 29.7. The molecule has 0 radical (unpaired) electrons. The number of nitrogens with two attached hydrogens (primary N) is 1. The summed E-state index contributed by atoms with van der Waals surface area (Å²) in [5.74, 6) is -1.23. The van der Waals surface area contributed by atoms with Gasteiger partial charge in [0, 0.05) is 30.1 Å². The first-order chi connectivity index (χ1) is 21.6. The molecule has 1 saturated heterocycles. The Kier molecular flexibility index (Phi) is 7.34. The average Bonchev–Trinajstić information content (AvgIpc) is 3.62. The van der Waals surface area contributed by atoms with Crippen molar-refractivity contribution >= 4 is 60.7 Å². The van der Waals surface area contributed by atoms with Crippen LogP contribution in [-0.2, 0) is 4.79 Å². The van der Waals surface area contributed by atoms with E-state index >= 15 is 4.39 Å². The summed E-state index contributed by atoms with van der Waals surface area (Å²) in [6, 6.07) is 4.53. The van der Waals surface area contributed by atoms with Gasteiger partial charge in [-0.15, -0.1) is 11.3 Å². The molecule has 2 aromatic carbocycles. The number of benzene rings is 2. The Labute approximate surface area is 266 Å². The predicted octanol–water partition coefficient (Wildman–Crippen LogP) is 5.09. The van der Waals surface area contributed by atoms with Crippen molar-refractivity contribution in [3.63, 3.8) is 0 Å². The molecule has 2 aliphatic heterocycles. The van der Waals surface area contributed by atoms with Crippen molar-refractivity contribution in [2.24, 2.45) is 5.92 Å². The van der Waals surface area contributed by atoms with Crippen LogP contribution in [0.3, 0.4) is 0 Å². The van der Waals surface area contributed by atoms with E-state index in [-0.39, 0.29) is 96.1 Å². The van der Waals surface area contributed by atoms with Gasteiger partial charge in [0.25, 0.3) is 0 Å². The van der Waals surface area contributed by atoms with Crippen molar-refractivity contribution in [2.45, 2.75) is 44.4 Å². The Bertz CT molecular complexity index is 1930. The maximum atomic E-state index is 17.0. The molecule has 0 bridgehead atoms. The van der Waals surface area contributed by atoms with Crippen LogP contribution in [0.1, 0.15) is 31.7 Å². The van der Waals surface area contributed by atoms with Gasteiger partial charge in [-0.3, -0.25) is 9.69 Å². The summed E-state index contributed by atoms with van der Waals surface area (Å²) in [5, 5.41) is 13.1. The van der Waals surface area contributed by atoms with Gasteiger partial charge in [-0.25, -0.2) is 8.78 Å². The van der Waals surface area contributed by atoms with E-state index in [9.17, 15) is 14.4 Å². The van der Waals surface area contributed by atoms with E-state index in [4.69, 9.17) is 31.8 Å². The van der Waals surface area contributed by atoms with Crippen molar-refractivity contribution in [1.29, 1.82) is 5.26 Å². The number of thiophene rings is 1. The van der Waals surface area contributed by atoms with Gasteiger partial charge in [-0.1, -0.05) is 17.7 Å². The number of amides is 1. The lowest BCUT2D eigenvalue weighted by molar-refractivity contribution is -0.121. The standard InChI is InChI=1S/C31H30ClF2N7O3S/c1-13(18-5-4-8-40(18)3)44-31-38-25-22-26(43-10-9-41(29(22)39-31)19-11-15(19)30(42)37-2)23(32)21(24(25)34)14-6-7-17(33)27-20(14)16(12-35)28(36)45-27/h6-7,13,15,18-19H,4-5,8-11,36H2,1-3H3,(H,37,42)/t13-,15+,18-,19+/m0/s1. The van der Waals surface area contributed by atoms with E-state index in [1.807, 2.05) is 24.9 Å². The third-order valence-electron chi connectivity index (χ3n) is 9.14. The van der Waals surface area contributed by atoms with Crippen molar-refractivity contribution in [1.82, 2.24) is 20.2 Å². The molecule has 1 saturated carbocycles. The van der Waals surface area contributed by atoms with Crippen LogP contribution in [0.2, 0.25) is 5.02 Å². The normalized spacial score (nSPS) is 21.8. The third kappa shape index (κ3) is 4.69. The Morgan fingerprint density at radius 2 is 2.11 bits per heavy atom. The van der Waals surface area contributed by atoms with E-state index < -0.39 is 11.6 Å². The molecule has 4 aromatic rings. The van der Waals surface area contributed by atoms with E-state index in [0.29, 0.717) is 18.8 Å². The second-order valence-electron chi connectivity index (χ2n) is 11.7. The van der Waals surface area contributed by atoms with Crippen LogP contribution in [-0.4, -0.2) is 72.8 Å². The lowest BCUT2D eigenvalue weighted by atomic mass is 9.96. The number of nitriles is 1. The van der Waals surface area contributed by atoms with Crippen LogP contribution >= 0.6 is 22.9 Å². The fraction of sp³-hybridized carbons (Fsp3) is 0.419. The van der Waals surface area contributed by atoms with Crippen LogP contribution in [0.15, 0.2) is 12.1 Å². The topological polar surface area (TPSA) is 130 Å². The summed E-state index contributed by atoms with van der Waals surface area (Å²) in [6.07, 6.45) is 2.28. The molecule has 0 spiro atoms. The number of aromatic nitrogens is 2. The maximum absolute atomic E-state index is 17.0. The number of nitrogens with zero attached hydrogens (tertiary/aromatic N) is 5. The minimum absolute atomic E-state index is 0.0192. The summed E-state index contributed by atoms with van der Waals surface area (Å²) in [4.78, 5) is 26.1. The van der Waals surface area contributed by atoms with Gasteiger partial charge in [0.1, 0.15) is 40.9 Å². The highest BCUT2D eigenvalue weighted by Crippen LogP contribution is 2.52. The summed E-state index contributed by atoms with van der Waals surface area (Å²) in [6.45, 7) is 3.41. The zero-order valence-corrected chi connectivity index (χ0v) is 26.4. The van der Waals surface area contributed by atoms with E-state index in [1.165, 1.54) is 12.1 Å². The Hall–Kier alpha value is -3.99. The molecular weight excluding hydrogens is 624 g/mol. The molecule has 2 fully saturated rings. The highest BCUT2D eigenvalue weighted by Gasteiger charge is 2.48. The third-order valence-corrected chi connectivity index (χ3v) is 10.5. The van der Waals surface area contributed by atoms with Crippen molar-refractivity contribution in [3.05, 3.63) is 34.4 Å². The zero-order chi connectivity index (χ0) is 31.7. The Morgan fingerprint density at radius 1 is 1.31 bits per heavy atom. The first-order valence-electron chi connectivity index (χ1n) is 14.8. The van der Waals surface area contributed by atoms with Gasteiger partial charge in [-0.05, 0) is 51.4 Å². The first-order valence-corrected chi connectivity index (χ1v) is 16.0. The van der Waals surface area contributed by atoms with Crippen LogP contribution in [0, 0.1) is 28.9 Å². The Balaban J connectivity index is 1.47. The number of fused-ring (bicyclic) bond motifs is 1. The number of rotatable bonds is 6. The molecule has 2 aromatic heterocycles. The van der Waals surface area contributed by atoms with Crippen LogP contribution in [0.5, 0.6) is 11.8 Å². The number of carbonyl (C=O) groups is 1. The van der Waals surface area contributed by atoms with Crippen LogP contribution in [0.4, 0.5) is 19.6 Å².